The Morgan fingerprint density at radius 1 is 1.00 bits per heavy atom. The highest BCUT2D eigenvalue weighted by atomic mass is 35.5. The second-order valence-electron chi connectivity index (χ2n) is 7.36. The Labute approximate surface area is 184 Å². The minimum absolute atomic E-state index is 0.0856. The standard InChI is InChI=1S/C23H20Cl2N2O3/c1-14-19(21(26-30-14)20-17(24)8-5-9-18(20)25)23(29)27-12-10-16(11-13-27)22(28)15-6-3-2-4-7-15/h2-9,16H,10-13H2,1H3. The van der Waals surface area contributed by atoms with Gasteiger partial charge in [-0.15, -0.1) is 0 Å². The first-order valence-corrected chi connectivity index (χ1v) is 10.5. The number of amides is 1. The molecule has 30 heavy (non-hydrogen) atoms. The topological polar surface area (TPSA) is 63.4 Å². The van der Waals surface area contributed by atoms with Crippen LogP contribution < -0.4 is 0 Å². The molecule has 1 aromatic heterocycles. The van der Waals surface area contributed by atoms with Crippen LogP contribution in [0.2, 0.25) is 10.0 Å². The second kappa shape index (κ2) is 8.62. The third-order valence-electron chi connectivity index (χ3n) is 5.49. The van der Waals surface area contributed by atoms with Gasteiger partial charge in [0.1, 0.15) is 17.0 Å². The van der Waals surface area contributed by atoms with Gasteiger partial charge in [0.05, 0.1) is 10.0 Å². The molecule has 1 fully saturated rings. The van der Waals surface area contributed by atoms with E-state index in [4.69, 9.17) is 27.7 Å². The van der Waals surface area contributed by atoms with Crippen molar-refractivity contribution in [3.63, 3.8) is 0 Å². The number of hydrogen-bond acceptors (Lipinski definition) is 4. The summed E-state index contributed by atoms with van der Waals surface area (Å²) in [6, 6.07) is 14.4. The van der Waals surface area contributed by atoms with Crippen LogP contribution in [0.4, 0.5) is 0 Å². The third-order valence-corrected chi connectivity index (χ3v) is 6.12. The molecule has 0 N–H and O–H groups in total. The van der Waals surface area contributed by atoms with Crippen LogP contribution in [0.1, 0.15) is 39.3 Å². The third kappa shape index (κ3) is 3.87. The molecule has 1 aliphatic heterocycles. The SMILES string of the molecule is Cc1onc(-c2c(Cl)cccc2Cl)c1C(=O)N1CCC(C(=O)c2ccccc2)CC1. The number of nitrogens with zero attached hydrogens (tertiary/aromatic N) is 2. The molecule has 1 amide bonds. The molecule has 0 unspecified atom stereocenters. The molecular weight excluding hydrogens is 423 g/mol. The van der Waals surface area contributed by atoms with E-state index in [0.717, 1.165) is 0 Å². The van der Waals surface area contributed by atoms with E-state index in [-0.39, 0.29) is 17.6 Å². The minimum Gasteiger partial charge on any atom is -0.360 e. The first kappa shape index (κ1) is 20.6. The quantitative estimate of drug-likeness (QED) is 0.486. The van der Waals surface area contributed by atoms with Gasteiger partial charge in [-0.1, -0.05) is 64.8 Å². The highest BCUT2D eigenvalue weighted by molar-refractivity contribution is 6.39. The largest absolute Gasteiger partial charge is 0.360 e. The van der Waals surface area contributed by atoms with Crippen LogP contribution >= 0.6 is 23.2 Å². The Hall–Kier alpha value is -2.63. The summed E-state index contributed by atoms with van der Waals surface area (Å²) >= 11 is 12.6. The van der Waals surface area contributed by atoms with Gasteiger partial charge in [-0.25, -0.2) is 0 Å². The smallest absolute Gasteiger partial charge is 0.259 e. The van der Waals surface area contributed by atoms with E-state index in [2.05, 4.69) is 5.16 Å². The van der Waals surface area contributed by atoms with Gasteiger partial charge >= 0.3 is 0 Å². The summed E-state index contributed by atoms with van der Waals surface area (Å²) in [6.45, 7) is 2.67. The zero-order valence-corrected chi connectivity index (χ0v) is 17.9. The number of benzene rings is 2. The molecule has 4 rings (SSSR count). The molecule has 0 spiro atoms. The van der Waals surface area contributed by atoms with Gasteiger partial charge in [0.25, 0.3) is 5.91 Å². The van der Waals surface area contributed by atoms with E-state index in [1.807, 2.05) is 30.3 Å². The molecule has 5 nitrogen and oxygen atoms in total. The number of hydrogen-bond donors (Lipinski definition) is 0. The highest BCUT2D eigenvalue weighted by Crippen LogP contribution is 2.37. The summed E-state index contributed by atoms with van der Waals surface area (Å²) in [4.78, 5) is 27.8. The van der Waals surface area contributed by atoms with Gasteiger partial charge in [-0.2, -0.15) is 0 Å². The van der Waals surface area contributed by atoms with Gasteiger partial charge in [0.15, 0.2) is 5.78 Å². The van der Waals surface area contributed by atoms with Gasteiger partial charge in [-0.3, -0.25) is 9.59 Å². The molecule has 7 heteroatoms. The molecule has 2 aromatic carbocycles. The molecule has 2 heterocycles. The number of carbonyl (C=O) groups excluding carboxylic acids is 2. The number of aryl methyl sites for hydroxylation is 1. The van der Waals surface area contributed by atoms with E-state index >= 15 is 0 Å². The van der Waals surface area contributed by atoms with Crippen molar-refractivity contribution in [2.75, 3.05) is 13.1 Å². The molecule has 1 saturated heterocycles. The average molecular weight is 443 g/mol. The molecule has 3 aromatic rings. The number of piperidine rings is 1. The maximum absolute atomic E-state index is 13.3. The van der Waals surface area contributed by atoms with Crippen LogP contribution in [0.15, 0.2) is 53.1 Å². The lowest BCUT2D eigenvalue weighted by Gasteiger charge is -2.31. The van der Waals surface area contributed by atoms with Crippen LogP contribution in [0.3, 0.4) is 0 Å². The Bertz CT molecular complexity index is 1070. The fraction of sp³-hybridized carbons (Fsp3) is 0.261. The van der Waals surface area contributed by atoms with Gasteiger partial charge in [-0.05, 0) is 31.9 Å². The lowest BCUT2D eigenvalue weighted by Crippen LogP contribution is -2.40. The number of aromatic nitrogens is 1. The Morgan fingerprint density at radius 3 is 2.27 bits per heavy atom. The molecule has 0 saturated carbocycles. The Kier molecular flexibility index (Phi) is 5.93. The van der Waals surface area contributed by atoms with Crippen molar-refractivity contribution in [1.82, 2.24) is 10.1 Å². The predicted molar refractivity (Wildman–Crippen MR) is 116 cm³/mol. The summed E-state index contributed by atoms with van der Waals surface area (Å²) in [5.74, 6) is 0.267. The van der Waals surface area contributed by atoms with Crippen molar-refractivity contribution in [2.24, 2.45) is 5.92 Å². The lowest BCUT2D eigenvalue weighted by molar-refractivity contribution is 0.0649. The van der Waals surface area contributed by atoms with E-state index in [1.165, 1.54) is 0 Å². The first-order chi connectivity index (χ1) is 14.5. The van der Waals surface area contributed by atoms with Gasteiger partial charge < -0.3 is 9.42 Å². The van der Waals surface area contributed by atoms with Crippen molar-refractivity contribution in [3.8, 4) is 11.3 Å². The summed E-state index contributed by atoms with van der Waals surface area (Å²) in [5.41, 5.74) is 1.90. The summed E-state index contributed by atoms with van der Waals surface area (Å²) in [6.07, 6.45) is 1.23. The van der Waals surface area contributed by atoms with E-state index in [9.17, 15) is 9.59 Å². The number of halogens is 2. The maximum Gasteiger partial charge on any atom is 0.259 e. The fourth-order valence-corrected chi connectivity index (χ4v) is 4.44. The van der Waals surface area contributed by atoms with Crippen molar-refractivity contribution in [1.29, 1.82) is 0 Å². The first-order valence-electron chi connectivity index (χ1n) is 9.76. The summed E-state index contributed by atoms with van der Waals surface area (Å²) in [5, 5.41) is 4.86. The number of rotatable bonds is 4. The predicted octanol–water partition coefficient (Wildman–Crippen LogP) is 5.69. The van der Waals surface area contributed by atoms with Crippen LogP contribution in [0.5, 0.6) is 0 Å². The monoisotopic (exact) mass is 442 g/mol. The molecule has 0 bridgehead atoms. The van der Waals surface area contributed by atoms with Crippen molar-refractivity contribution in [3.05, 3.63) is 75.5 Å². The number of likely N-dealkylation sites (tertiary alicyclic amines) is 1. The second-order valence-corrected chi connectivity index (χ2v) is 8.17. The molecule has 0 aliphatic carbocycles. The van der Waals surface area contributed by atoms with Crippen LogP contribution in [0.25, 0.3) is 11.3 Å². The van der Waals surface area contributed by atoms with Crippen molar-refractivity contribution in [2.45, 2.75) is 19.8 Å². The average Bonchev–Trinajstić information content (AvgIpc) is 3.14. The summed E-state index contributed by atoms with van der Waals surface area (Å²) < 4.78 is 5.32. The van der Waals surface area contributed by atoms with E-state index in [0.29, 0.717) is 64.1 Å². The zero-order valence-electron chi connectivity index (χ0n) is 16.4. The van der Waals surface area contributed by atoms with E-state index in [1.54, 1.807) is 30.0 Å². The zero-order chi connectivity index (χ0) is 21.3. The molecule has 154 valence electrons. The van der Waals surface area contributed by atoms with Gasteiger partial charge in [0.2, 0.25) is 0 Å². The lowest BCUT2D eigenvalue weighted by atomic mass is 9.88. The molecule has 0 radical (unpaired) electrons. The number of Topliss-reactive ketones (excluding diaryl/α,β-unsaturated/α-hetero) is 1. The van der Waals surface area contributed by atoms with E-state index < -0.39 is 0 Å². The van der Waals surface area contributed by atoms with Crippen LogP contribution in [-0.4, -0.2) is 34.8 Å². The highest BCUT2D eigenvalue weighted by Gasteiger charge is 2.32. The fourth-order valence-electron chi connectivity index (χ4n) is 3.86. The van der Waals surface area contributed by atoms with Crippen LogP contribution in [-0.2, 0) is 0 Å². The molecule has 0 atom stereocenters. The maximum atomic E-state index is 13.3. The van der Waals surface area contributed by atoms with Crippen molar-refractivity contribution >= 4 is 34.9 Å². The molecular formula is C23H20Cl2N2O3. The van der Waals surface area contributed by atoms with Crippen LogP contribution in [0, 0.1) is 12.8 Å². The minimum atomic E-state index is -0.189. The Balaban J connectivity index is 1.53. The molecule has 1 aliphatic rings. The number of carbonyl (C=O) groups is 2. The summed E-state index contributed by atoms with van der Waals surface area (Å²) in [7, 11) is 0. The van der Waals surface area contributed by atoms with Gasteiger partial charge in [0, 0.05) is 30.1 Å². The Morgan fingerprint density at radius 2 is 1.63 bits per heavy atom. The normalized spacial score (nSPS) is 14.7. The number of ketones is 1. The van der Waals surface area contributed by atoms with Crippen molar-refractivity contribution < 1.29 is 14.1 Å².